The van der Waals surface area contributed by atoms with Crippen molar-refractivity contribution in [2.75, 3.05) is 31.5 Å². The van der Waals surface area contributed by atoms with Crippen molar-refractivity contribution in [2.24, 2.45) is 4.99 Å². The van der Waals surface area contributed by atoms with Gasteiger partial charge in [-0.2, -0.15) is 0 Å². The summed E-state index contributed by atoms with van der Waals surface area (Å²) in [6, 6.07) is 12.1. The Hall–Kier alpha value is -4.88. The normalized spacial score (nSPS) is 13.1. The van der Waals surface area contributed by atoms with E-state index in [1.165, 1.54) is 12.3 Å². The minimum atomic E-state index is -1.53. The van der Waals surface area contributed by atoms with Crippen molar-refractivity contribution in [3.8, 4) is 11.1 Å². The second-order valence-corrected chi connectivity index (χ2v) is 10.1. The van der Waals surface area contributed by atoms with Crippen molar-refractivity contribution in [1.82, 2.24) is 26.3 Å². The monoisotopic (exact) mass is 627 g/mol. The highest BCUT2D eigenvalue weighted by molar-refractivity contribution is 6.40. The van der Waals surface area contributed by atoms with Gasteiger partial charge in [-0.15, -0.1) is 0 Å². The molecule has 1 aromatic heterocycles. The highest BCUT2D eigenvalue weighted by atomic mass is 35.5. The van der Waals surface area contributed by atoms with Gasteiger partial charge in [0.25, 0.3) is 17.4 Å². The van der Waals surface area contributed by atoms with Crippen molar-refractivity contribution in [1.29, 1.82) is 0 Å². The fourth-order valence-electron chi connectivity index (χ4n) is 4.01. The predicted octanol–water partition coefficient (Wildman–Crippen LogP) is 1.84. The first-order valence-electron chi connectivity index (χ1n) is 13.0. The Morgan fingerprint density at radius 1 is 0.977 bits per heavy atom. The highest BCUT2D eigenvalue weighted by Gasteiger charge is 2.25. The number of guanidine groups is 1. The summed E-state index contributed by atoms with van der Waals surface area (Å²) in [6.45, 7) is 0.288. The van der Waals surface area contributed by atoms with Crippen LogP contribution in [0, 0.1) is 0 Å². The highest BCUT2D eigenvalue weighted by Crippen LogP contribution is 2.31. The van der Waals surface area contributed by atoms with Gasteiger partial charge in [0.2, 0.25) is 5.91 Å². The molecule has 0 saturated heterocycles. The lowest BCUT2D eigenvalue weighted by Crippen LogP contribution is -2.50. The molecule has 0 unspecified atom stereocenters. The molecule has 7 N–H and O–H groups in total. The third kappa shape index (κ3) is 8.33. The smallest absolute Gasteiger partial charge is 0.328 e. The molecule has 224 valence electrons. The Bertz CT molecular complexity index is 1600. The lowest BCUT2D eigenvalue weighted by atomic mass is 10.0. The summed E-state index contributed by atoms with van der Waals surface area (Å²) < 4.78 is 0. The van der Waals surface area contributed by atoms with E-state index in [0.29, 0.717) is 24.6 Å². The van der Waals surface area contributed by atoms with Crippen molar-refractivity contribution >= 4 is 58.5 Å². The van der Waals surface area contributed by atoms with Crippen LogP contribution >= 0.6 is 23.2 Å². The first-order valence-corrected chi connectivity index (χ1v) is 13.8. The Labute approximate surface area is 255 Å². The molecule has 0 saturated carbocycles. The maximum absolute atomic E-state index is 12.9. The van der Waals surface area contributed by atoms with Gasteiger partial charge in [-0.3, -0.25) is 24.2 Å². The number of rotatable bonds is 10. The number of hydrogen-bond acceptors (Lipinski definition) is 8. The molecule has 2 heterocycles. The number of aliphatic imine (C=N–C) groups is 1. The van der Waals surface area contributed by atoms with Crippen LogP contribution in [0.4, 0.5) is 5.69 Å². The molecule has 1 atom stereocenters. The van der Waals surface area contributed by atoms with Crippen molar-refractivity contribution in [2.45, 2.75) is 12.5 Å². The van der Waals surface area contributed by atoms with Crippen LogP contribution in [0.2, 0.25) is 10.0 Å². The van der Waals surface area contributed by atoms with Gasteiger partial charge < -0.3 is 36.7 Å². The summed E-state index contributed by atoms with van der Waals surface area (Å²) in [5, 5.41) is 22.5. The number of amides is 3. The number of benzene rings is 2. The van der Waals surface area contributed by atoms with Crippen molar-refractivity contribution in [3.63, 3.8) is 0 Å². The molecule has 3 aromatic rings. The summed E-state index contributed by atoms with van der Waals surface area (Å²) in [5.74, 6) is -3.25. The Morgan fingerprint density at radius 2 is 1.70 bits per heavy atom. The zero-order valence-electron chi connectivity index (χ0n) is 22.5. The minimum absolute atomic E-state index is 0.0170. The zero-order valence-corrected chi connectivity index (χ0v) is 24.0. The van der Waals surface area contributed by atoms with Crippen LogP contribution in [0.3, 0.4) is 0 Å². The Morgan fingerprint density at radius 3 is 2.35 bits per heavy atom. The average Bonchev–Trinajstić information content (AvgIpc) is 2.99. The van der Waals surface area contributed by atoms with E-state index in [-0.39, 0.29) is 26.9 Å². The predicted molar refractivity (Wildman–Crippen MR) is 162 cm³/mol. The fraction of sp³-hybridized carbons (Fsp3) is 0.214. The first-order chi connectivity index (χ1) is 20.6. The molecule has 0 bridgehead atoms. The zero-order chi connectivity index (χ0) is 30.9. The number of hydrogen-bond donors (Lipinski definition) is 7. The molecule has 0 aliphatic carbocycles. The molecule has 2 aromatic carbocycles. The molecular formula is C28H27Cl2N7O6. The van der Waals surface area contributed by atoms with E-state index >= 15 is 0 Å². The van der Waals surface area contributed by atoms with Gasteiger partial charge >= 0.3 is 5.97 Å². The van der Waals surface area contributed by atoms with E-state index < -0.39 is 48.4 Å². The molecule has 0 fully saturated rings. The number of carboxylic acids is 1. The average molecular weight is 628 g/mol. The van der Waals surface area contributed by atoms with E-state index in [9.17, 15) is 29.1 Å². The van der Waals surface area contributed by atoms with E-state index in [0.717, 1.165) is 12.0 Å². The Balaban J connectivity index is 1.32. The molecule has 0 spiro atoms. The molecule has 1 aliphatic rings. The van der Waals surface area contributed by atoms with Crippen LogP contribution in [0.5, 0.6) is 0 Å². The van der Waals surface area contributed by atoms with Gasteiger partial charge in [0.15, 0.2) is 5.96 Å². The standard InChI is InChI=1S/C28H27Cl2N7O6/c29-18-9-16(15-5-2-1-3-6-15)10-19(30)23(18)26(41)36-21(27(42)43)13-33-22(38)14-35-24(39)17-11-20(25(40)34-12-17)37-28-31-7-4-8-32-28/h1-3,5-6,9-12,21H,4,7-8,13-14H2,(H,33,38)(H,34,40)(H,35,39)(H,36,41)(H,42,43)(H2,31,32,37)/t21-/m0/s1. The molecule has 15 heteroatoms. The number of nitrogens with one attached hydrogen (secondary N) is 6. The Kier molecular flexibility index (Phi) is 10.4. The summed E-state index contributed by atoms with van der Waals surface area (Å²) >= 11 is 12.6. The van der Waals surface area contributed by atoms with Gasteiger partial charge in [-0.05, 0) is 35.7 Å². The minimum Gasteiger partial charge on any atom is -0.480 e. The summed E-state index contributed by atoms with van der Waals surface area (Å²) in [7, 11) is 0. The number of aromatic nitrogens is 1. The number of H-pyrrole nitrogens is 1. The molecule has 3 amide bonds. The maximum atomic E-state index is 12.9. The van der Waals surface area contributed by atoms with E-state index in [4.69, 9.17) is 23.2 Å². The van der Waals surface area contributed by atoms with Crippen LogP contribution in [-0.4, -0.2) is 72.0 Å². The van der Waals surface area contributed by atoms with Crippen LogP contribution in [0.1, 0.15) is 27.1 Å². The number of aliphatic carboxylic acids is 1. The molecular weight excluding hydrogens is 601 g/mol. The molecule has 0 radical (unpaired) electrons. The lowest BCUT2D eigenvalue weighted by molar-refractivity contribution is -0.139. The van der Waals surface area contributed by atoms with Gasteiger partial charge in [0.1, 0.15) is 11.7 Å². The number of anilines is 1. The fourth-order valence-corrected chi connectivity index (χ4v) is 4.67. The largest absolute Gasteiger partial charge is 0.480 e. The number of carbonyl (C=O) groups excluding carboxylic acids is 3. The van der Waals surface area contributed by atoms with Crippen LogP contribution < -0.4 is 32.1 Å². The number of aromatic amines is 1. The van der Waals surface area contributed by atoms with Crippen molar-refractivity contribution in [3.05, 3.63) is 86.3 Å². The third-order valence-electron chi connectivity index (χ3n) is 6.21. The molecule has 1 aliphatic heterocycles. The van der Waals surface area contributed by atoms with E-state index in [1.807, 2.05) is 30.3 Å². The van der Waals surface area contributed by atoms with Crippen LogP contribution in [0.25, 0.3) is 11.1 Å². The lowest BCUT2D eigenvalue weighted by Gasteiger charge is -2.17. The molecule has 4 rings (SSSR count). The van der Waals surface area contributed by atoms with Crippen LogP contribution in [0.15, 0.2) is 64.5 Å². The third-order valence-corrected chi connectivity index (χ3v) is 6.80. The molecule has 13 nitrogen and oxygen atoms in total. The summed E-state index contributed by atoms with van der Waals surface area (Å²) in [5.41, 5.74) is 1.05. The number of pyridine rings is 1. The summed E-state index contributed by atoms with van der Waals surface area (Å²) in [6.07, 6.45) is 2.05. The summed E-state index contributed by atoms with van der Waals surface area (Å²) in [4.78, 5) is 68.4. The second-order valence-electron chi connectivity index (χ2n) is 9.30. The number of carboxylic acid groups (broad SMARTS) is 1. The van der Waals surface area contributed by atoms with Gasteiger partial charge in [-0.1, -0.05) is 53.5 Å². The number of halogens is 2. The quantitative estimate of drug-likeness (QED) is 0.177. The number of nitrogens with zero attached hydrogens (tertiary/aromatic N) is 1. The van der Waals surface area contributed by atoms with E-state index in [1.54, 1.807) is 12.1 Å². The molecule has 43 heavy (non-hydrogen) atoms. The topological polar surface area (TPSA) is 194 Å². The van der Waals surface area contributed by atoms with Gasteiger partial charge in [0.05, 0.1) is 27.7 Å². The van der Waals surface area contributed by atoms with Crippen LogP contribution in [-0.2, 0) is 9.59 Å². The first kappa shape index (κ1) is 31.1. The SMILES string of the molecule is O=C(CNC(=O)c1c[nH]c(=O)c(NC2=NCCCN2)c1)NC[C@H](NC(=O)c1c(Cl)cc(-c2ccccc2)cc1Cl)C(=O)O. The maximum Gasteiger partial charge on any atom is 0.328 e. The van der Waals surface area contributed by atoms with Gasteiger partial charge in [0, 0.05) is 25.8 Å². The second kappa shape index (κ2) is 14.3. The van der Waals surface area contributed by atoms with Crippen molar-refractivity contribution < 1.29 is 24.3 Å². The van der Waals surface area contributed by atoms with E-state index in [2.05, 4.69) is 36.6 Å². The number of carbonyl (C=O) groups is 4. The van der Waals surface area contributed by atoms with Gasteiger partial charge in [-0.25, -0.2) is 4.79 Å².